The minimum atomic E-state index is -0.371. The third-order valence-corrected chi connectivity index (χ3v) is 4.99. The van der Waals surface area contributed by atoms with Crippen LogP contribution in [0, 0.1) is 0 Å². The Morgan fingerprint density at radius 3 is 2.65 bits per heavy atom. The molecule has 0 aliphatic heterocycles. The smallest absolute Gasteiger partial charge is 0.230 e. The lowest BCUT2D eigenvalue weighted by atomic mass is 10.0. The van der Waals surface area contributed by atoms with Crippen molar-refractivity contribution in [3.8, 4) is 0 Å². The molecule has 0 spiro atoms. The van der Waals surface area contributed by atoms with Crippen molar-refractivity contribution >= 4 is 23.6 Å². The fraction of sp³-hybridized carbons (Fsp3) is 0.444. The molecule has 140 valence electrons. The van der Waals surface area contributed by atoms with Crippen molar-refractivity contribution in [3.05, 3.63) is 41.7 Å². The first-order chi connectivity index (χ1) is 12.5. The van der Waals surface area contributed by atoms with E-state index in [1.54, 1.807) is 4.57 Å². The average molecular weight is 375 g/mol. The summed E-state index contributed by atoms with van der Waals surface area (Å²) in [6.07, 6.45) is 2.55. The first-order valence-electron chi connectivity index (χ1n) is 8.65. The molecule has 0 bridgehead atoms. The summed E-state index contributed by atoms with van der Waals surface area (Å²) in [4.78, 5) is 23.2. The van der Waals surface area contributed by atoms with Gasteiger partial charge in [0, 0.05) is 19.9 Å². The van der Waals surface area contributed by atoms with E-state index in [0.29, 0.717) is 17.4 Å². The molecular formula is C18H25N5O2S. The highest BCUT2D eigenvalue weighted by Gasteiger charge is 2.16. The van der Waals surface area contributed by atoms with Crippen molar-refractivity contribution in [2.75, 3.05) is 5.75 Å². The molecule has 2 rings (SSSR count). The lowest BCUT2D eigenvalue weighted by Crippen LogP contribution is -2.30. The summed E-state index contributed by atoms with van der Waals surface area (Å²) < 4.78 is 1.79. The normalized spacial score (nSPS) is 11.9. The zero-order valence-electron chi connectivity index (χ0n) is 15.1. The Kier molecular flexibility index (Phi) is 7.65. The van der Waals surface area contributed by atoms with E-state index in [1.165, 1.54) is 11.8 Å². The first kappa shape index (κ1) is 20.0. The fourth-order valence-corrected chi connectivity index (χ4v) is 3.33. The monoisotopic (exact) mass is 375 g/mol. The van der Waals surface area contributed by atoms with Gasteiger partial charge >= 0.3 is 0 Å². The largest absolute Gasteiger partial charge is 0.370 e. The Morgan fingerprint density at radius 2 is 2.00 bits per heavy atom. The molecule has 1 atom stereocenters. The van der Waals surface area contributed by atoms with E-state index in [1.807, 2.05) is 37.4 Å². The Balaban J connectivity index is 1.90. The molecule has 0 unspecified atom stereocenters. The van der Waals surface area contributed by atoms with Crippen LogP contribution in [0.1, 0.15) is 43.6 Å². The van der Waals surface area contributed by atoms with Gasteiger partial charge in [-0.1, -0.05) is 55.4 Å². The molecule has 0 aliphatic rings. The number of aromatic nitrogens is 3. The van der Waals surface area contributed by atoms with Crippen LogP contribution in [0.15, 0.2) is 35.5 Å². The summed E-state index contributed by atoms with van der Waals surface area (Å²) in [5.74, 6) is 0.526. The zero-order chi connectivity index (χ0) is 18.9. The van der Waals surface area contributed by atoms with E-state index >= 15 is 0 Å². The molecule has 8 heteroatoms. The summed E-state index contributed by atoms with van der Waals surface area (Å²) in [6, 6.07) is 10.00. The number of nitrogens with two attached hydrogens (primary N) is 1. The predicted molar refractivity (Wildman–Crippen MR) is 101 cm³/mol. The Morgan fingerprint density at radius 1 is 1.27 bits per heavy atom. The maximum atomic E-state index is 12.4. The van der Waals surface area contributed by atoms with E-state index in [-0.39, 0.29) is 30.0 Å². The van der Waals surface area contributed by atoms with Gasteiger partial charge in [-0.3, -0.25) is 9.59 Å². The van der Waals surface area contributed by atoms with Gasteiger partial charge in [0.1, 0.15) is 5.82 Å². The highest BCUT2D eigenvalue weighted by atomic mass is 32.2. The molecule has 7 nitrogen and oxygen atoms in total. The highest BCUT2D eigenvalue weighted by molar-refractivity contribution is 7.99. The van der Waals surface area contributed by atoms with Gasteiger partial charge < -0.3 is 15.6 Å². The molecule has 1 heterocycles. The van der Waals surface area contributed by atoms with Gasteiger partial charge in [-0.05, 0) is 12.0 Å². The van der Waals surface area contributed by atoms with E-state index in [9.17, 15) is 9.59 Å². The van der Waals surface area contributed by atoms with Crippen molar-refractivity contribution in [2.45, 2.75) is 43.8 Å². The molecule has 1 aromatic carbocycles. The number of nitrogens with one attached hydrogen (secondary N) is 1. The molecular weight excluding hydrogens is 350 g/mol. The maximum absolute atomic E-state index is 12.4. The first-order valence-corrected chi connectivity index (χ1v) is 9.63. The van der Waals surface area contributed by atoms with E-state index in [4.69, 9.17) is 5.73 Å². The van der Waals surface area contributed by atoms with Crippen LogP contribution >= 0.6 is 11.8 Å². The standard InChI is InChI=1S/C18H25N5O2S/c1-3-7-14(13-8-5-4-6-9-13)20-17(25)12-26-18-22-21-16(23(18)2)11-10-15(19)24/h4-6,8-9,14H,3,7,10-12H2,1-2H3,(H2,19,24)(H,20,25)/t14-/m0/s1. The summed E-state index contributed by atoms with van der Waals surface area (Å²) in [7, 11) is 1.82. The number of benzene rings is 1. The Labute approximate surface area is 157 Å². The van der Waals surface area contributed by atoms with Crippen LogP contribution in [0.4, 0.5) is 0 Å². The van der Waals surface area contributed by atoms with Crippen LogP contribution in [-0.4, -0.2) is 32.3 Å². The second-order valence-electron chi connectivity index (χ2n) is 6.03. The van der Waals surface area contributed by atoms with Crippen molar-refractivity contribution in [1.82, 2.24) is 20.1 Å². The van der Waals surface area contributed by atoms with Crippen LogP contribution in [-0.2, 0) is 23.1 Å². The van der Waals surface area contributed by atoms with Crippen molar-refractivity contribution in [3.63, 3.8) is 0 Å². The molecule has 2 aromatic rings. The van der Waals surface area contributed by atoms with Crippen LogP contribution in [0.3, 0.4) is 0 Å². The minimum absolute atomic E-state index is 0.0138. The van der Waals surface area contributed by atoms with Crippen molar-refractivity contribution in [1.29, 1.82) is 0 Å². The van der Waals surface area contributed by atoms with Crippen molar-refractivity contribution < 1.29 is 9.59 Å². The Hall–Kier alpha value is -2.35. The minimum Gasteiger partial charge on any atom is -0.370 e. The number of rotatable bonds is 10. The number of primary amides is 1. The van der Waals surface area contributed by atoms with Gasteiger partial charge in [0.25, 0.3) is 0 Å². The van der Waals surface area contributed by atoms with E-state index in [0.717, 1.165) is 18.4 Å². The third-order valence-electron chi connectivity index (χ3n) is 3.97. The molecule has 0 saturated heterocycles. The summed E-state index contributed by atoms with van der Waals surface area (Å²) in [5.41, 5.74) is 6.27. The second-order valence-corrected chi connectivity index (χ2v) is 6.97. The summed E-state index contributed by atoms with van der Waals surface area (Å²) in [6.45, 7) is 2.10. The maximum Gasteiger partial charge on any atom is 0.230 e. The van der Waals surface area contributed by atoms with Crippen molar-refractivity contribution in [2.24, 2.45) is 12.8 Å². The average Bonchev–Trinajstić information content (AvgIpc) is 2.98. The van der Waals surface area contributed by atoms with Gasteiger partial charge in [-0.2, -0.15) is 0 Å². The fourth-order valence-electron chi connectivity index (χ4n) is 2.59. The van der Waals surface area contributed by atoms with Crippen LogP contribution in [0.5, 0.6) is 0 Å². The topological polar surface area (TPSA) is 103 Å². The molecule has 0 fully saturated rings. The quantitative estimate of drug-likeness (QED) is 0.618. The van der Waals surface area contributed by atoms with Gasteiger partial charge in [0.15, 0.2) is 5.16 Å². The summed E-state index contributed by atoms with van der Waals surface area (Å²) in [5, 5.41) is 11.9. The van der Waals surface area contributed by atoms with E-state index < -0.39 is 0 Å². The lowest BCUT2D eigenvalue weighted by molar-refractivity contribution is -0.119. The van der Waals surface area contributed by atoms with E-state index in [2.05, 4.69) is 22.4 Å². The van der Waals surface area contributed by atoms with Crippen LogP contribution in [0.25, 0.3) is 0 Å². The summed E-state index contributed by atoms with van der Waals surface area (Å²) >= 11 is 1.33. The zero-order valence-corrected chi connectivity index (χ0v) is 16.0. The predicted octanol–water partition coefficient (Wildman–Crippen LogP) is 1.98. The van der Waals surface area contributed by atoms with Crippen LogP contribution in [0.2, 0.25) is 0 Å². The van der Waals surface area contributed by atoms with Gasteiger partial charge in [-0.15, -0.1) is 10.2 Å². The molecule has 26 heavy (non-hydrogen) atoms. The number of carbonyl (C=O) groups excluding carboxylic acids is 2. The molecule has 0 saturated carbocycles. The third kappa shape index (κ3) is 5.87. The number of thioether (sulfide) groups is 1. The number of nitrogens with zero attached hydrogens (tertiary/aromatic N) is 3. The van der Waals surface area contributed by atoms with Gasteiger partial charge in [0.2, 0.25) is 11.8 Å². The lowest BCUT2D eigenvalue weighted by Gasteiger charge is -2.18. The Bertz CT molecular complexity index is 732. The van der Waals surface area contributed by atoms with Gasteiger partial charge in [0.05, 0.1) is 11.8 Å². The molecule has 0 radical (unpaired) electrons. The SMILES string of the molecule is CCC[C@H](NC(=O)CSc1nnc(CCC(N)=O)n1C)c1ccccc1. The highest BCUT2D eigenvalue weighted by Crippen LogP contribution is 2.20. The van der Waals surface area contributed by atoms with Gasteiger partial charge in [-0.25, -0.2) is 0 Å². The number of amides is 2. The number of hydrogen-bond acceptors (Lipinski definition) is 5. The molecule has 0 aliphatic carbocycles. The van der Waals surface area contributed by atoms with Crippen LogP contribution < -0.4 is 11.1 Å². The molecule has 2 amide bonds. The number of carbonyl (C=O) groups is 2. The number of aryl methyl sites for hydroxylation is 1. The molecule has 1 aromatic heterocycles. The molecule has 3 N–H and O–H groups in total. The second kappa shape index (κ2) is 9.96. The number of hydrogen-bond donors (Lipinski definition) is 2.